The zero-order valence-electron chi connectivity index (χ0n) is 40.7. The van der Waals surface area contributed by atoms with Crippen LogP contribution in [0.1, 0.15) is 95.7 Å². The lowest BCUT2D eigenvalue weighted by Gasteiger charge is -2.43. The van der Waals surface area contributed by atoms with Gasteiger partial charge in [0.25, 0.3) is 0 Å². The van der Waals surface area contributed by atoms with E-state index in [1.165, 1.54) is 12.4 Å². The van der Waals surface area contributed by atoms with Gasteiger partial charge in [0, 0.05) is 87.3 Å². The van der Waals surface area contributed by atoms with Crippen molar-refractivity contribution in [3.63, 3.8) is 0 Å². The molecule has 2 saturated heterocycles. The zero-order chi connectivity index (χ0) is 50.9. The molecule has 3 aromatic rings. The number of benzene rings is 1. The van der Waals surface area contributed by atoms with E-state index in [-0.39, 0.29) is 141 Å². The summed E-state index contributed by atoms with van der Waals surface area (Å²) in [5.74, 6) is -1.79. The van der Waals surface area contributed by atoms with E-state index in [4.69, 9.17) is 9.47 Å². The Kier molecular flexibility index (Phi) is 17.5. The predicted molar refractivity (Wildman–Crippen MR) is 254 cm³/mol. The molecule has 19 nitrogen and oxygen atoms in total. The van der Waals surface area contributed by atoms with Crippen LogP contribution in [0.2, 0.25) is 0 Å². The Balaban J connectivity index is 0.764. The van der Waals surface area contributed by atoms with Crippen molar-refractivity contribution in [3.8, 4) is 0 Å². The van der Waals surface area contributed by atoms with Crippen LogP contribution in [0, 0.1) is 11.8 Å². The highest BCUT2D eigenvalue weighted by atomic mass is 19.4. The number of nitrogens with one attached hydrogen (secondary N) is 6. The van der Waals surface area contributed by atoms with Crippen molar-refractivity contribution in [1.29, 1.82) is 0 Å². The number of carbonyl (C=O) groups excluding carboxylic acids is 6. The SMILES string of the molecule is CN1C(=O)C[C@H](C(=O)NCCOCCNC(=O)C2CC(NC(=O)CCOCCC(=O)N[C@@H]3C[C@H](NC(C)(C)C)CC[C@@H]3N3CC[C@H](Nc4ncnc5ccc(C(F)(F)F)cc45)C3=O)C2)[C@H]1c1cccnc1. The maximum Gasteiger partial charge on any atom is 0.416 e. The summed E-state index contributed by atoms with van der Waals surface area (Å²) in [7, 11) is 1.68. The second-order valence-electron chi connectivity index (χ2n) is 19.9. The largest absolute Gasteiger partial charge is 0.416 e. The van der Waals surface area contributed by atoms with Gasteiger partial charge in [0.15, 0.2) is 0 Å². The molecule has 2 aliphatic carbocycles. The van der Waals surface area contributed by atoms with Gasteiger partial charge in [-0.25, -0.2) is 9.97 Å². The molecule has 1 aromatic carbocycles. The lowest BCUT2D eigenvalue weighted by molar-refractivity contribution is -0.137. The van der Waals surface area contributed by atoms with E-state index in [1.54, 1.807) is 35.3 Å². The number of hydrogen-bond donors (Lipinski definition) is 6. The number of likely N-dealkylation sites (tertiary alicyclic amines) is 2. The Morgan fingerprint density at radius 2 is 1.54 bits per heavy atom. The standard InChI is InChI=1S/C49H66F3N11O8/c1-48(2,3)61-32-8-10-39(63-17-11-37(47(63)69)60-44-34-24-31(49(50,51)52)7-9-36(34)56-28-57-44)38(25-32)59-41(65)13-19-70-18-12-40(64)58-33-22-30(23-33)45(67)54-15-20-71-21-16-55-46(68)35-26-42(66)62(4)43(35)29-6-5-14-53-27-29/h5-7,9,14,24,27-28,30,32-33,35,37-39,43,61H,8,10-13,15-23,25-26H2,1-4H3,(H,54,67)(H,55,68)(H,58,64)(H,59,65)(H,56,57,60)/t30?,32-,33?,35+,37+,38-,39+,43-/m1/s1. The lowest BCUT2D eigenvalue weighted by Crippen LogP contribution is -2.59. The van der Waals surface area contributed by atoms with Crippen molar-refractivity contribution < 1.29 is 51.4 Å². The average molecular weight is 994 g/mol. The third kappa shape index (κ3) is 14.1. The summed E-state index contributed by atoms with van der Waals surface area (Å²) in [6, 6.07) is 4.99. The van der Waals surface area contributed by atoms with Crippen molar-refractivity contribution >= 4 is 52.2 Å². The summed E-state index contributed by atoms with van der Waals surface area (Å²) in [5, 5.41) is 18.6. The Bertz CT molecular complexity index is 2370. The molecule has 4 fully saturated rings. The van der Waals surface area contributed by atoms with Gasteiger partial charge in [-0.3, -0.25) is 33.8 Å². The second-order valence-corrected chi connectivity index (χ2v) is 19.9. The summed E-state index contributed by atoms with van der Waals surface area (Å²) in [6.45, 7) is 7.81. The first kappa shape index (κ1) is 52.8. The number of carbonyl (C=O) groups is 6. The van der Waals surface area contributed by atoms with Gasteiger partial charge in [-0.15, -0.1) is 0 Å². The molecule has 22 heteroatoms. The van der Waals surface area contributed by atoms with Gasteiger partial charge < -0.3 is 51.2 Å². The van der Waals surface area contributed by atoms with Crippen LogP contribution in [0.25, 0.3) is 10.9 Å². The molecular weight excluding hydrogens is 928 g/mol. The number of alkyl halides is 3. The summed E-state index contributed by atoms with van der Waals surface area (Å²) in [5.41, 5.74) is 0.0881. The normalized spacial score (nSPS) is 24.7. The molecular formula is C49H66F3N11O8. The monoisotopic (exact) mass is 994 g/mol. The van der Waals surface area contributed by atoms with Crippen LogP contribution >= 0.6 is 0 Å². The zero-order valence-corrected chi connectivity index (χ0v) is 40.7. The minimum atomic E-state index is -4.56. The first-order valence-corrected chi connectivity index (χ1v) is 24.5. The molecule has 71 heavy (non-hydrogen) atoms. The molecule has 386 valence electrons. The van der Waals surface area contributed by atoms with Crippen LogP contribution in [0.4, 0.5) is 19.0 Å². The van der Waals surface area contributed by atoms with E-state index in [2.05, 4.69) is 67.6 Å². The number of rotatable bonds is 21. The fourth-order valence-electron chi connectivity index (χ4n) is 10.0. The number of pyridine rings is 1. The van der Waals surface area contributed by atoms with Crippen molar-refractivity contribution in [3.05, 3.63) is 60.2 Å². The Hall–Kier alpha value is -6.00. The van der Waals surface area contributed by atoms with Crippen molar-refractivity contribution in [1.82, 2.24) is 51.3 Å². The van der Waals surface area contributed by atoms with E-state index >= 15 is 0 Å². The molecule has 6 amide bonds. The molecule has 0 radical (unpaired) electrons. The first-order chi connectivity index (χ1) is 33.8. The molecule has 6 N–H and O–H groups in total. The number of anilines is 1. The van der Waals surface area contributed by atoms with E-state index < -0.39 is 23.7 Å². The minimum absolute atomic E-state index is 0.0392. The molecule has 2 aromatic heterocycles. The molecule has 7 rings (SSSR count). The predicted octanol–water partition coefficient (Wildman–Crippen LogP) is 3.01. The summed E-state index contributed by atoms with van der Waals surface area (Å²) < 4.78 is 51.9. The van der Waals surface area contributed by atoms with E-state index in [9.17, 15) is 41.9 Å². The third-order valence-electron chi connectivity index (χ3n) is 13.6. The smallest absolute Gasteiger partial charge is 0.380 e. The molecule has 2 saturated carbocycles. The molecule has 4 heterocycles. The fraction of sp³-hybridized carbons (Fsp3) is 0.612. The maximum atomic E-state index is 13.9. The van der Waals surface area contributed by atoms with Gasteiger partial charge in [0.2, 0.25) is 35.4 Å². The van der Waals surface area contributed by atoms with Gasteiger partial charge in [-0.05, 0) is 89.1 Å². The van der Waals surface area contributed by atoms with Gasteiger partial charge in [0.1, 0.15) is 18.2 Å². The summed E-state index contributed by atoms with van der Waals surface area (Å²) in [4.78, 5) is 93.6. The number of amides is 6. The Labute approximate surface area is 410 Å². The molecule has 6 atom stereocenters. The van der Waals surface area contributed by atoms with Gasteiger partial charge in [-0.2, -0.15) is 13.2 Å². The summed E-state index contributed by atoms with van der Waals surface area (Å²) in [6.07, 6.45) is 3.60. The highest BCUT2D eigenvalue weighted by molar-refractivity contribution is 5.93. The van der Waals surface area contributed by atoms with Gasteiger partial charge >= 0.3 is 6.18 Å². The van der Waals surface area contributed by atoms with Crippen molar-refractivity contribution in [2.24, 2.45) is 11.8 Å². The number of aromatic nitrogens is 3. The highest BCUT2D eigenvalue weighted by Crippen LogP contribution is 2.37. The van der Waals surface area contributed by atoms with Gasteiger partial charge in [-0.1, -0.05) is 6.07 Å². The van der Waals surface area contributed by atoms with E-state index in [0.717, 1.165) is 24.1 Å². The molecule has 4 aliphatic rings. The number of fused-ring (bicyclic) bond motifs is 1. The summed E-state index contributed by atoms with van der Waals surface area (Å²) >= 11 is 0. The third-order valence-corrected chi connectivity index (χ3v) is 13.6. The van der Waals surface area contributed by atoms with Crippen LogP contribution in [0.3, 0.4) is 0 Å². The maximum absolute atomic E-state index is 13.9. The quantitative estimate of drug-likeness (QED) is 0.0844. The second kappa shape index (κ2) is 23.5. The first-order valence-electron chi connectivity index (χ1n) is 24.5. The minimum Gasteiger partial charge on any atom is -0.380 e. The fourth-order valence-corrected chi connectivity index (χ4v) is 10.0. The molecule has 2 aliphatic heterocycles. The van der Waals surface area contributed by atoms with E-state index in [0.29, 0.717) is 50.7 Å². The number of ether oxygens (including phenoxy) is 2. The van der Waals surface area contributed by atoms with Crippen LogP contribution < -0.4 is 31.9 Å². The van der Waals surface area contributed by atoms with Gasteiger partial charge in [0.05, 0.1) is 61.6 Å². The molecule has 0 bridgehead atoms. The van der Waals surface area contributed by atoms with Crippen molar-refractivity contribution in [2.75, 3.05) is 58.4 Å². The van der Waals surface area contributed by atoms with Crippen LogP contribution in [-0.4, -0.2) is 149 Å². The number of hydrogen-bond acceptors (Lipinski definition) is 13. The van der Waals surface area contributed by atoms with Crippen LogP contribution in [0.5, 0.6) is 0 Å². The number of halogens is 3. The molecule has 0 unspecified atom stereocenters. The van der Waals surface area contributed by atoms with E-state index in [1.807, 2.05) is 6.07 Å². The number of nitrogens with zero attached hydrogens (tertiary/aromatic N) is 5. The molecule has 0 spiro atoms. The van der Waals surface area contributed by atoms with Crippen molar-refractivity contribution in [2.45, 2.75) is 127 Å². The topological polar surface area (TPSA) is 238 Å². The Morgan fingerprint density at radius 3 is 2.23 bits per heavy atom. The lowest BCUT2D eigenvalue weighted by atomic mass is 9.79. The Morgan fingerprint density at radius 1 is 0.831 bits per heavy atom. The van der Waals surface area contributed by atoms with Crippen LogP contribution in [-0.2, 0) is 44.4 Å². The van der Waals surface area contributed by atoms with Crippen LogP contribution in [0.15, 0.2) is 49.1 Å². The average Bonchev–Trinajstić information content (AvgIpc) is 3.82. The highest BCUT2D eigenvalue weighted by Gasteiger charge is 2.44.